The average Bonchev–Trinajstić information content (AvgIpc) is 3.33. The number of ketones is 1. The number of rotatable bonds is 5. The van der Waals surface area contributed by atoms with Gasteiger partial charge in [0.15, 0.2) is 17.3 Å². The van der Waals surface area contributed by atoms with Gasteiger partial charge in [0.1, 0.15) is 17.6 Å². The molecule has 1 aromatic heterocycles. The fraction of sp³-hybridized carbons (Fsp3) is 0.174. The van der Waals surface area contributed by atoms with Crippen LogP contribution in [0, 0.1) is 6.92 Å². The maximum absolute atomic E-state index is 13.2. The SMILES string of the molecule is COc1cccc([C@H]2/C(=C(\O)c3ccc(Br)cc3)C(=O)C(=O)N2c2cc(C)on2)c1OC. The zero-order valence-electron chi connectivity index (χ0n) is 17.5. The molecule has 1 saturated heterocycles. The molecule has 164 valence electrons. The number of benzene rings is 2. The summed E-state index contributed by atoms with van der Waals surface area (Å²) in [5.74, 6) is -0.647. The van der Waals surface area contributed by atoms with E-state index in [0.717, 1.165) is 4.47 Å². The Morgan fingerprint density at radius 3 is 2.44 bits per heavy atom. The van der Waals surface area contributed by atoms with Crippen molar-refractivity contribution in [3.63, 3.8) is 0 Å². The zero-order chi connectivity index (χ0) is 23.0. The minimum absolute atomic E-state index is 0.0930. The third-order valence-electron chi connectivity index (χ3n) is 5.15. The van der Waals surface area contributed by atoms with Crippen LogP contribution in [0.3, 0.4) is 0 Å². The van der Waals surface area contributed by atoms with Crippen LogP contribution in [0.4, 0.5) is 5.82 Å². The third kappa shape index (κ3) is 3.54. The highest BCUT2D eigenvalue weighted by Gasteiger charge is 2.49. The number of anilines is 1. The maximum atomic E-state index is 13.2. The Labute approximate surface area is 192 Å². The Morgan fingerprint density at radius 1 is 1.12 bits per heavy atom. The van der Waals surface area contributed by atoms with Crippen LogP contribution in [0.25, 0.3) is 5.76 Å². The summed E-state index contributed by atoms with van der Waals surface area (Å²) in [5, 5.41) is 15.1. The van der Waals surface area contributed by atoms with Gasteiger partial charge in [-0.25, -0.2) is 0 Å². The van der Waals surface area contributed by atoms with E-state index in [1.165, 1.54) is 19.1 Å². The highest BCUT2D eigenvalue weighted by Crippen LogP contribution is 2.47. The number of aliphatic hydroxyl groups is 1. The first-order chi connectivity index (χ1) is 15.4. The minimum atomic E-state index is -1.02. The molecule has 8 nitrogen and oxygen atoms in total. The molecule has 0 saturated carbocycles. The number of amides is 1. The van der Waals surface area contributed by atoms with Gasteiger partial charge in [0, 0.05) is 21.7 Å². The normalized spacial score (nSPS) is 17.6. The van der Waals surface area contributed by atoms with E-state index in [4.69, 9.17) is 14.0 Å². The number of aromatic nitrogens is 1. The van der Waals surface area contributed by atoms with Crippen LogP contribution < -0.4 is 14.4 Å². The molecule has 1 fully saturated rings. The van der Waals surface area contributed by atoms with Gasteiger partial charge >= 0.3 is 5.91 Å². The highest BCUT2D eigenvalue weighted by atomic mass is 79.9. The lowest BCUT2D eigenvalue weighted by Gasteiger charge is -2.25. The fourth-order valence-corrected chi connectivity index (χ4v) is 3.98. The molecule has 32 heavy (non-hydrogen) atoms. The second-order valence-corrected chi connectivity index (χ2v) is 7.97. The molecule has 1 amide bonds. The molecular weight excluding hydrogens is 480 g/mol. The summed E-state index contributed by atoms with van der Waals surface area (Å²) in [6.07, 6.45) is 0. The van der Waals surface area contributed by atoms with Crippen molar-refractivity contribution in [1.29, 1.82) is 0 Å². The average molecular weight is 499 g/mol. The van der Waals surface area contributed by atoms with Gasteiger partial charge in [0.2, 0.25) is 0 Å². The Bertz CT molecular complexity index is 1230. The van der Waals surface area contributed by atoms with E-state index in [-0.39, 0.29) is 17.2 Å². The quantitative estimate of drug-likeness (QED) is 0.316. The van der Waals surface area contributed by atoms with Gasteiger partial charge in [-0.3, -0.25) is 14.5 Å². The number of para-hydroxylation sites is 1. The molecule has 0 unspecified atom stereocenters. The predicted molar refractivity (Wildman–Crippen MR) is 120 cm³/mol. The second kappa shape index (κ2) is 8.51. The van der Waals surface area contributed by atoms with Crippen molar-refractivity contribution >= 4 is 39.2 Å². The second-order valence-electron chi connectivity index (χ2n) is 7.05. The Kier molecular flexibility index (Phi) is 5.75. The number of hydrogen-bond donors (Lipinski definition) is 1. The number of carbonyl (C=O) groups is 2. The number of Topliss-reactive ketones (excluding diaryl/α,β-unsaturated/α-hetero) is 1. The molecule has 4 rings (SSSR count). The maximum Gasteiger partial charge on any atom is 0.301 e. The largest absolute Gasteiger partial charge is 0.507 e. The number of hydrogen-bond acceptors (Lipinski definition) is 7. The molecule has 1 N–H and O–H groups in total. The number of aryl methyl sites for hydroxylation is 1. The molecule has 1 aliphatic heterocycles. The standard InChI is InChI=1S/C23H19BrN2O6/c1-12-11-17(25-32-12)26-19(15-5-4-6-16(30-2)22(15)31-3)18(21(28)23(26)29)20(27)13-7-9-14(24)10-8-13/h4-11,19,27H,1-3H3/b20-18+/t19-/m0/s1. The fourth-order valence-electron chi connectivity index (χ4n) is 3.72. The van der Waals surface area contributed by atoms with Gasteiger partial charge in [0.05, 0.1) is 19.8 Å². The van der Waals surface area contributed by atoms with Gasteiger partial charge in [-0.05, 0) is 25.1 Å². The zero-order valence-corrected chi connectivity index (χ0v) is 19.0. The molecule has 1 aliphatic rings. The predicted octanol–water partition coefficient (Wildman–Crippen LogP) is 4.39. The number of methoxy groups -OCH3 is 2. The van der Waals surface area contributed by atoms with Crippen LogP contribution in [0.1, 0.15) is 22.9 Å². The van der Waals surface area contributed by atoms with Crippen LogP contribution in [0.2, 0.25) is 0 Å². The Balaban J connectivity index is 2.01. The number of halogens is 1. The van der Waals surface area contributed by atoms with E-state index in [9.17, 15) is 14.7 Å². The molecule has 1 atom stereocenters. The Morgan fingerprint density at radius 2 is 1.84 bits per heavy atom. The first-order valence-corrected chi connectivity index (χ1v) is 10.4. The van der Waals surface area contributed by atoms with E-state index in [2.05, 4.69) is 21.1 Å². The molecule has 0 radical (unpaired) electrons. The van der Waals surface area contributed by atoms with Gasteiger partial charge in [-0.15, -0.1) is 0 Å². The van der Waals surface area contributed by atoms with Crippen molar-refractivity contribution in [2.75, 3.05) is 19.1 Å². The summed E-state index contributed by atoms with van der Waals surface area (Å²) in [6.45, 7) is 1.68. The van der Waals surface area contributed by atoms with Gasteiger partial charge < -0.3 is 19.1 Å². The van der Waals surface area contributed by atoms with Crippen LogP contribution in [-0.2, 0) is 9.59 Å². The first kappa shape index (κ1) is 21.6. The molecule has 0 aliphatic carbocycles. The van der Waals surface area contributed by atoms with Gasteiger partial charge in [-0.1, -0.05) is 45.4 Å². The molecule has 9 heteroatoms. The van der Waals surface area contributed by atoms with Crippen LogP contribution in [-0.4, -0.2) is 36.2 Å². The summed E-state index contributed by atoms with van der Waals surface area (Å²) < 4.78 is 16.9. The van der Waals surface area contributed by atoms with Crippen molar-refractivity contribution < 1.29 is 28.7 Å². The summed E-state index contributed by atoms with van der Waals surface area (Å²) in [5.41, 5.74) is 0.740. The molecule has 0 bridgehead atoms. The number of ether oxygens (including phenoxy) is 2. The number of carbonyl (C=O) groups excluding carboxylic acids is 2. The number of nitrogens with zero attached hydrogens (tertiary/aromatic N) is 2. The van der Waals surface area contributed by atoms with Crippen molar-refractivity contribution in [1.82, 2.24) is 5.16 Å². The smallest absolute Gasteiger partial charge is 0.301 e. The van der Waals surface area contributed by atoms with E-state index in [0.29, 0.717) is 28.4 Å². The topological polar surface area (TPSA) is 102 Å². The van der Waals surface area contributed by atoms with Gasteiger partial charge in [0.25, 0.3) is 5.78 Å². The van der Waals surface area contributed by atoms with Crippen molar-refractivity contribution in [3.8, 4) is 11.5 Å². The van der Waals surface area contributed by atoms with E-state index < -0.39 is 17.7 Å². The van der Waals surface area contributed by atoms with E-state index >= 15 is 0 Å². The van der Waals surface area contributed by atoms with Crippen LogP contribution in [0.15, 0.2) is 63.1 Å². The molecule has 2 heterocycles. The van der Waals surface area contributed by atoms with Gasteiger partial charge in [-0.2, -0.15) is 0 Å². The van der Waals surface area contributed by atoms with Crippen molar-refractivity contribution in [3.05, 3.63) is 75.5 Å². The molecular formula is C23H19BrN2O6. The van der Waals surface area contributed by atoms with E-state index in [1.807, 2.05) is 0 Å². The monoisotopic (exact) mass is 498 g/mol. The molecule has 3 aromatic rings. The molecule has 0 spiro atoms. The summed E-state index contributed by atoms with van der Waals surface area (Å²) in [7, 11) is 2.95. The number of aliphatic hydroxyl groups excluding tert-OH is 1. The third-order valence-corrected chi connectivity index (χ3v) is 5.68. The van der Waals surface area contributed by atoms with Crippen molar-refractivity contribution in [2.45, 2.75) is 13.0 Å². The van der Waals surface area contributed by atoms with Crippen LogP contribution in [0.5, 0.6) is 11.5 Å². The van der Waals surface area contributed by atoms with Crippen LogP contribution >= 0.6 is 15.9 Å². The Hall–Kier alpha value is -3.59. The van der Waals surface area contributed by atoms with Crippen molar-refractivity contribution in [2.24, 2.45) is 0 Å². The van der Waals surface area contributed by atoms with E-state index in [1.54, 1.807) is 55.5 Å². The highest BCUT2D eigenvalue weighted by molar-refractivity contribution is 9.10. The first-order valence-electron chi connectivity index (χ1n) is 9.58. The lowest BCUT2D eigenvalue weighted by molar-refractivity contribution is -0.132. The molecule has 2 aromatic carbocycles. The summed E-state index contributed by atoms with van der Waals surface area (Å²) >= 11 is 3.35. The lowest BCUT2D eigenvalue weighted by Crippen LogP contribution is -2.30. The summed E-state index contributed by atoms with van der Waals surface area (Å²) in [6, 6.07) is 12.4. The lowest BCUT2D eigenvalue weighted by atomic mass is 9.94. The minimum Gasteiger partial charge on any atom is -0.507 e. The summed E-state index contributed by atoms with van der Waals surface area (Å²) in [4.78, 5) is 27.5.